The number of carboxylic acid groups (broad SMARTS) is 1. The fourth-order valence-electron chi connectivity index (χ4n) is 2.24. The number of aliphatic hydroxyl groups excluding tert-OH is 3. The third-order valence-corrected chi connectivity index (χ3v) is 3.97. The number of halogens is 1. The smallest absolute Gasteiger partial charge is 0.352 e. The molecular weight excluding hydrogens is 372 g/mol. The highest BCUT2D eigenvalue weighted by Crippen LogP contribution is 2.26. The van der Waals surface area contributed by atoms with Crippen molar-refractivity contribution in [2.24, 2.45) is 0 Å². The van der Waals surface area contributed by atoms with Gasteiger partial charge in [0.1, 0.15) is 24.1 Å². The predicted octanol–water partition coefficient (Wildman–Crippen LogP) is -0.0672. The number of ether oxygens (including phenoxy) is 3. The quantitative estimate of drug-likeness (QED) is 0.508. The van der Waals surface area contributed by atoms with Gasteiger partial charge in [0.2, 0.25) is 6.29 Å². The molecular formula is C16H19ClO9. The Morgan fingerprint density at radius 3 is 2.19 bits per heavy atom. The molecule has 1 saturated heterocycles. The Kier molecular flexibility index (Phi) is 6.09. The summed E-state index contributed by atoms with van der Waals surface area (Å²) in [7, 11) is 0. The van der Waals surface area contributed by atoms with E-state index in [4.69, 9.17) is 30.9 Å². The van der Waals surface area contributed by atoms with Gasteiger partial charge in [-0.2, -0.15) is 0 Å². The van der Waals surface area contributed by atoms with Crippen molar-refractivity contribution in [1.29, 1.82) is 0 Å². The van der Waals surface area contributed by atoms with Crippen molar-refractivity contribution >= 4 is 23.5 Å². The van der Waals surface area contributed by atoms with Gasteiger partial charge >= 0.3 is 11.9 Å². The van der Waals surface area contributed by atoms with Crippen LogP contribution in [0.2, 0.25) is 5.02 Å². The number of aliphatic carboxylic acids is 1. The number of rotatable bonds is 5. The highest BCUT2D eigenvalue weighted by atomic mass is 35.5. The Morgan fingerprint density at radius 1 is 1.08 bits per heavy atom. The Hall–Kier alpha value is -1.91. The Bertz CT molecular complexity index is 660. The number of hydrogen-bond donors (Lipinski definition) is 4. The first-order valence-corrected chi connectivity index (χ1v) is 7.99. The molecule has 144 valence electrons. The number of carbonyl (C=O) groups excluding carboxylic acids is 1. The van der Waals surface area contributed by atoms with Crippen molar-refractivity contribution in [2.45, 2.75) is 50.2 Å². The van der Waals surface area contributed by atoms with Gasteiger partial charge in [-0.05, 0) is 38.1 Å². The van der Waals surface area contributed by atoms with E-state index in [2.05, 4.69) is 0 Å². The summed E-state index contributed by atoms with van der Waals surface area (Å²) in [6.45, 7) is 2.78. The topological polar surface area (TPSA) is 143 Å². The number of hydrogen-bond acceptors (Lipinski definition) is 8. The predicted molar refractivity (Wildman–Crippen MR) is 86.6 cm³/mol. The maximum atomic E-state index is 12.4. The minimum Gasteiger partial charge on any atom is -0.479 e. The molecule has 1 fully saturated rings. The van der Waals surface area contributed by atoms with Crippen LogP contribution in [0, 0.1) is 0 Å². The molecule has 1 aromatic rings. The van der Waals surface area contributed by atoms with Crippen molar-refractivity contribution in [3.05, 3.63) is 29.3 Å². The summed E-state index contributed by atoms with van der Waals surface area (Å²) in [5.41, 5.74) is -1.53. The van der Waals surface area contributed by atoms with Crippen molar-refractivity contribution < 1.29 is 44.2 Å². The van der Waals surface area contributed by atoms with Gasteiger partial charge in [-0.1, -0.05) is 11.6 Å². The lowest BCUT2D eigenvalue weighted by Gasteiger charge is -2.39. The fourth-order valence-corrected chi connectivity index (χ4v) is 2.36. The zero-order valence-electron chi connectivity index (χ0n) is 13.9. The van der Waals surface area contributed by atoms with Crippen molar-refractivity contribution in [3.8, 4) is 5.75 Å². The minimum atomic E-state index is -1.88. The van der Waals surface area contributed by atoms with E-state index in [0.29, 0.717) is 10.8 Å². The Morgan fingerprint density at radius 2 is 1.65 bits per heavy atom. The lowest BCUT2D eigenvalue weighted by Crippen LogP contribution is -2.61. The molecule has 0 amide bonds. The summed E-state index contributed by atoms with van der Waals surface area (Å²) in [4.78, 5) is 23.4. The summed E-state index contributed by atoms with van der Waals surface area (Å²) in [5.74, 6) is -2.24. The van der Waals surface area contributed by atoms with Crippen molar-refractivity contribution in [3.63, 3.8) is 0 Å². The maximum absolute atomic E-state index is 12.4. The second kappa shape index (κ2) is 7.77. The lowest BCUT2D eigenvalue weighted by atomic mass is 9.99. The van der Waals surface area contributed by atoms with E-state index < -0.39 is 48.2 Å². The second-order valence-electron chi connectivity index (χ2n) is 6.21. The summed E-state index contributed by atoms with van der Waals surface area (Å²) in [6.07, 6.45) is -9.25. The molecule has 0 bridgehead atoms. The van der Waals surface area contributed by atoms with Crippen LogP contribution in [0.1, 0.15) is 13.8 Å². The maximum Gasteiger partial charge on any atom is 0.352 e. The SMILES string of the molecule is CC(C)(Oc1ccc(Cl)cc1)C(=O)OC1OC(C(=O)O)C(O)C(O)C1O. The van der Waals surface area contributed by atoms with Crippen LogP contribution in [0.25, 0.3) is 0 Å². The van der Waals surface area contributed by atoms with Gasteiger partial charge in [-0.15, -0.1) is 0 Å². The fraction of sp³-hybridized carbons (Fsp3) is 0.500. The van der Waals surface area contributed by atoms with Crippen LogP contribution in [0.4, 0.5) is 0 Å². The van der Waals surface area contributed by atoms with Crippen LogP contribution in [0.5, 0.6) is 5.75 Å². The van der Waals surface area contributed by atoms with Gasteiger partial charge in [0.05, 0.1) is 0 Å². The standard InChI is InChI=1S/C16H19ClO9/c1-16(2,26-8-5-3-7(17)4-6-8)15(23)25-14-11(20)9(18)10(19)12(24-14)13(21)22/h3-6,9-12,14,18-20H,1-2H3,(H,21,22). The number of carboxylic acids is 1. The van der Waals surface area contributed by atoms with Gasteiger partial charge in [0.25, 0.3) is 0 Å². The number of esters is 1. The minimum absolute atomic E-state index is 0.320. The molecule has 10 heteroatoms. The van der Waals surface area contributed by atoms with E-state index in [9.17, 15) is 24.9 Å². The van der Waals surface area contributed by atoms with E-state index in [1.165, 1.54) is 26.0 Å². The number of benzene rings is 1. The summed E-state index contributed by atoms with van der Waals surface area (Å²) < 4.78 is 15.4. The van der Waals surface area contributed by atoms with Gasteiger partial charge in [0, 0.05) is 5.02 Å². The highest BCUT2D eigenvalue weighted by Gasteiger charge is 2.49. The lowest BCUT2D eigenvalue weighted by molar-refractivity contribution is -0.289. The molecule has 0 aromatic heterocycles. The van der Waals surface area contributed by atoms with Crippen LogP contribution in [0.15, 0.2) is 24.3 Å². The van der Waals surface area contributed by atoms with E-state index in [1.54, 1.807) is 12.1 Å². The molecule has 4 N–H and O–H groups in total. The van der Waals surface area contributed by atoms with Crippen molar-refractivity contribution in [1.82, 2.24) is 0 Å². The first-order valence-electron chi connectivity index (χ1n) is 7.61. The van der Waals surface area contributed by atoms with E-state index in [0.717, 1.165) is 0 Å². The van der Waals surface area contributed by atoms with Crippen LogP contribution in [0.3, 0.4) is 0 Å². The second-order valence-corrected chi connectivity index (χ2v) is 6.64. The van der Waals surface area contributed by atoms with Gasteiger partial charge in [0.15, 0.2) is 11.7 Å². The third kappa shape index (κ3) is 4.43. The zero-order valence-corrected chi connectivity index (χ0v) is 14.7. The van der Waals surface area contributed by atoms with E-state index in [1.807, 2.05) is 0 Å². The molecule has 1 aliphatic heterocycles. The number of aliphatic hydroxyl groups is 3. The third-order valence-electron chi connectivity index (χ3n) is 3.71. The monoisotopic (exact) mass is 390 g/mol. The molecule has 0 radical (unpaired) electrons. The van der Waals surface area contributed by atoms with Crippen LogP contribution in [-0.2, 0) is 19.1 Å². The summed E-state index contributed by atoms with van der Waals surface area (Å²) in [6, 6.07) is 6.18. The molecule has 26 heavy (non-hydrogen) atoms. The van der Waals surface area contributed by atoms with E-state index in [-0.39, 0.29) is 0 Å². The summed E-state index contributed by atoms with van der Waals surface area (Å²) >= 11 is 5.77. The molecule has 0 saturated carbocycles. The van der Waals surface area contributed by atoms with E-state index >= 15 is 0 Å². The molecule has 5 atom stereocenters. The molecule has 5 unspecified atom stereocenters. The van der Waals surface area contributed by atoms with Crippen LogP contribution in [-0.4, -0.2) is 68.7 Å². The van der Waals surface area contributed by atoms with Crippen LogP contribution < -0.4 is 4.74 Å². The first-order chi connectivity index (χ1) is 12.0. The Labute approximate surface area is 153 Å². The first kappa shape index (κ1) is 20.4. The normalized spacial score (nSPS) is 29.1. The molecule has 1 heterocycles. The van der Waals surface area contributed by atoms with Crippen LogP contribution >= 0.6 is 11.6 Å². The Balaban J connectivity index is 2.08. The molecule has 9 nitrogen and oxygen atoms in total. The van der Waals surface area contributed by atoms with Gasteiger partial charge < -0.3 is 34.6 Å². The van der Waals surface area contributed by atoms with Gasteiger partial charge in [-0.3, -0.25) is 0 Å². The molecule has 2 rings (SSSR count). The average molecular weight is 391 g/mol. The number of carbonyl (C=O) groups is 2. The molecule has 0 aliphatic carbocycles. The average Bonchev–Trinajstić information content (AvgIpc) is 2.56. The molecule has 1 aliphatic rings. The summed E-state index contributed by atoms with van der Waals surface area (Å²) in [5, 5.41) is 38.7. The molecule has 1 aromatic carbocycles. The highest BCUT2D eigenvalue weighted by molar-refractivity contribution is 6.30. The zero-order chi connectivity index (χ0) is 19.6. The largest absolute Gasteiger partial charge is 0.479 e. The molecule has 0 spiro atoms. The van der Waals surface area contributed by atoms with Gasteiger partial charge in [-0.25, -0.2) is 9.59 Å². The van der Waals surface area contributed by atoms with Crippen molar-refractivity contribution in [2.75, 3.05) is 0 Å².